The second-order valence-corrected chi connectivity index (χ2v) is 7.11. The molecule has 1 atom stereocenters. The first-order valence-corrected chi connectivity index (χ1v) is 10.2. The molecule has 3 heterocycles. The van der Waals surface area contributed by atoms with Crippen LogP contribution in [-0.2, 0) is 13.2 Å². The fourth-order valence-corrected chi connectivity index (χ4v) is 3.42. The van der Waals surface area contributed by atoms with Crippen LogP contribution in [0.5, 0.6) is 5.75 Å². The Hall–Kier alpha value is -3.51. The third kappa shape index (κ3) is 5.39. The minimum Gasteiger partial charge on any atom is -0.495 e. The zero-order valence-electron chi connectivity index (χ0n) is 17.9. The summed E-state index contributed by atoms with van der Waals surface area (Å²) in [6.45, 7) is 2.04. The lowest BCUT2D eigenvalue weighted by Gasteiger charge is -2.19. The van der Waals surface area contributed by atoms with Gasteiger partial charge in [-0.15, -0.1) is 0 Å². The Balaban J connectivity index is 2.07. The van der Waals surface area contributed by atoms with Crippen molar-refractivity contribution in [1.82, 2.24) is 24.7 Å². The normalized spacial score (nSPS) is 12.0. The summed E-state index contributed by atoms with van der Waals surface area (Å²) in [6.07, 6.45) is 2.41. The molecule has 5 N–H and O–H groups in total. The van der Waals surface area contributed by atoms with Gasteiger partial charge < -0.3 is 25.4 Å². The lowest BCUT2D eigenvalue weighted by molar-refractivity contribution is 0.209. The summed E-state index contributed by atoms with van der Waals surface area (Å²) in [6, 6.07) is 3.32. The number of pyridine rings is 1. The first-order valence-electron chi connectivity index (χ1n) is 10.2. The molecule has 1 unspecified atom stereocenters. The summed E-state index contributed by atoms with van der Waals surface area (Å²) in [5.74, 6) is 0.847. The molecule has 0 aliphatic carbocycles. The number of hydrogen-bond donors (Lipinski definition) is 5. The molecule has 3 aromatic rings. The summed E-state index contributed by atoms with van der Waals surface area (Å²) in [5.41, 5.74) is 2.04. The van der Waals surface area contributed by atoms with E-state index in [2.05, 4.69) is 30.7 Å². The zero-order valence-corrected chi connectivity index (χ0v) is 17.9. The number of nitrogens with zero attached hydrogens (tertiary/aromatic N) is 5. The third-order valence-electron chi connectivity index (χ3n) is 4.83. The van der Waals surface area contributed by atoms with E-state index in [-0.39, 0.29) is 31.7 Å². The van der Waals surface area contributed by atoms with Gasteiger partial charge in [-0.05, 0) is 25.0 Å². The molecule has 0 aliphatic heterocycles. The molecule has 1 amide bonds. The van der Waals surface area contributed by atoms with Gasteiger partial charge in [0.05, 0.1) is 32.2 Å². The quantitative estimate of drug-likeness (QED) is 0.294. The summed E-state index contributed by atoms with van der Waals surface area (Å²) >= 11 is 0. The molecular weight excluding hydrogens is 418 g/mol. The van der Waals surface area contributed by atoms with Gasteiger partial charge in [-0.3, -0.25) is 10.00 Å². The van der Waals surface area contributed by atoms with E-state index >= 15 is 0 Å². The van der Waals surface area contributed by atoms with Crippen LogP contribution in [-0.4, -0.2) is 65.9 Å². The number of amides is 1. The van der Waals surface area contributed by atoms with E-state index in [0.29, 0.717) is 40.4 Å². The van der Waals surface area contributed by atoms with Crippen molar-refractivity contribution < 1.29 is 24.9 Å². The van der Waals surface area contributed by atoms with E-state index in [1.165, 1.54) is 13.3 Å². The number of carboxylic acid groups (broad SMARTS) is 1. The van der Waals surface area contributed by atoms with Gasteiger partial charge in [0.25, 0.3) is 0 Å². The Morgan fingerprint density at radius 3 is 2.69 bits per heavy atom. The van der Waals surface area contributed by atoms with Crippen molar-refractivity contribution >= 4 is 28.9 Å². The van der Waals surface area contributed by atoms with E-state index in [0.717, 1.165) is 12.8 Å². The topological polar surface area (TPSA) is 168 Å². The van der Waals surface area contributed by atoms with E-state index in [4.69, 9.17) is 9.84 Å². The van der Waals surface area contributed by atoms with E-state index < -0.39 is 6.09 Å². The number of nitrogens with one attached hydrogen (secondary N) is 2. The summed E-state index contributed by atoms with van der Waals surface area (Å²) in [4.78, 5) is 24.1. The number of anilines is 2. The SMILES string of the molecule is CCCC(CCO)Nc1nc(NC(=O)O)nc2cnn(Cc3nc(CO)ccc3OC)c12. The van der Waals surface area contributed by atoms with Gasteiger partial charge >= 0.3 is 6.09 Å². The molecule has 0 fully saturated rings. The Labute approximate surface area is 184 Å². The average Bonchev–Trinajstić information content (AvgIpc) is 3.16. The van der Waals surface area contributed by atoms with Crippen molar-refractivity contribution in [3.8, 4) is 5.75 Å². The van der Waals surface area contributed by atoms with Crippen LogP contribution in [0.1, 0.15) is 37.6 Å². The van der Waals surface area contributed by atoms with Crippen molar-refractivity contribution in [2.24, 2.45) is 0 Å². The fourth-order valence-electron chi connectivity index (χ4n) is 3.42. The number of methoxy groups -OCH3 is 1. The summed E-state index contributed by atoms with van der Waals surface area (Å²) in [5, 5.41) is 37.8. The molecule has 12 heteroatoms. The van der Waals surface area contributed by atoms with Crippen LogP contribution in [0.4, 0.5) is 16.6 Å². The Morgan fingerprint density at radius 2 is 2.03 bits per heavy atom. The van der Waals surface area contributed by atoms with E-state index in [1.54, 1.807) is 16.8 Å². The Kier molecular flexibility index (Phi) is 7.73. The van der Waals surface area contributed by atoms with Gasteiger partial charge in [-0.1, -0.05) is 13.3 Å². The number of carbonyl (C=O) groups is 1. The monoisotopic (exact) mass is 445 g/mol. The standard InChI is InChI=1S/C20H27N7O5/c1-3-4-12(7-8-28)23-18-17-14(24-19(25-18)26-20(30)31)9-21-27(17)10-15-16(32-2)6-5-13(11-29)22-15/h5-6,9,12,28-29H,3-4,7-8,10-11H2,1-2H3,(H,30,31)(H2,23,24,25,26). The fraction of sp³-hybridized carbons (Fsp3) is 0.450. The maximum absolute atomic E-state index is 11.1. The number of aliphatic hydroxyl groups excluding tert-OH is 2. The van der Waals surface area contributed by atoms with Crippen molar-refractivity contribution in [1.29, 1.82) is 0 Å². The van der Waals surface area contributed by atoms with E-state index in [9.17, 15) is 15.0 Å². The molecule has 3 aromatic heterocycles. The summed E-state index contributed by atoms with van der Waals surface area (Å²) < 4.78 is 7.03. The molecule has 0 aromatic carbocycles. The largest absolute Gasteiger partial charge is 0.495 e. The molecule has 0 bridgehead atoms. The molecule has 172 valence electrons. The maximum Gasteiger partial charge on any atom is 0.411 e. The maximum atomic E-state index is 11.1. The van der Waals surface area contributed by atoms with Crippen LogP contribution >= 0.6 is 0 Å². The molecule has 3 rings (SSSR count). The van der Waals surface area contributed by atoms with Crippen molar-refractivity contribution in [3.05, 3.63) is 29.7 Å². The molecule has 0 saturated carbocycles. The minimum atomic E-state index is -1.28. The van der Waals surface area contributed by atoms with Crippen LogP contribution < -0.4 is 15.4 Å². The molecule has 0 saturated heterocycles. The van der Waals surface area contributed by atoms with Crippen LogP contribution in [0.2, 0.25) is 0 Å². The predicted octanol–water partition coefficient (Wildman–Crippen LogP) is 1.82. The predicted molar refractivity (Wildman–Crippen MR) is 117 cm³/mol. The lowest BCUT2D eigenvalue weighted by Crippen LogP contribution is -2.23. The van der Waals surface area contributed by atoms with Crippen LogP contribution in [0.25, 0.3) is 11.0 Å². The highest BCUT2D eigenvalue weighted by atomic mass is 16.5. The van der Waals surface area contributed by atoms with Crippen LogP contribution in [0.15, 0.2) is 18.3 Å². The molecule has 0 aliphatic rings. The summed E-state index contributed by atoms with van der Waals surface area (Å²) in [7, 11) is 1.53. The van der Waals surface area contributed by atoms with Crippen molar-refractivity contribution in [2.75, 3.05) is 24.4 Å². The third-order valence-corrected chi connectivity index (χ3v) is 4.83. The molecule has 12 nitrogen and oxygen atoms in total. The van der Waals surface area contributed by atoms with Gasteiger partial charge in [-0.2, -0.15) is 10.1 Å². The molecule has 0 spiro atoms. The highest BCUT2D eigenvalue weighted by Crippen LogP contribution is 2.26. The van der Waals surface area contributed by atoms with Gasteiger partial charge in [-0.25, -0.2) is 14.8 Å². The number of aliphatic hydroxyl groups is 2. The van der Waals surface area contributed by atoms with Gasteiger partial charge in [0.1, 0.15) is 22.5 Å². The average molecular weight is 445 g/mol. The van der Waals surface area contributed by atoms with Gasteiger partial charge in [0.2, 0.25) is 5.95 Å². The van der Waals surface area contributed by atoms with Gasteiger partial charge in [0, 0.05) is 12.6 Å². The Bertz CT molecular complexity index is 1070. The Morgan fingerprint density at radius 1 is 1.22 bits per heavy atom. The number of ether oxygens (including phenoxy) is 1. The van der Waals surface area contributed by atoms with Gasteiger partial charge in [0.15, 0.2) is 5.82 Å². The van der Waals surface area contributed by atoms with E-state index in [1.807, 2.05) is 6.92 Å². The highest BCUT2D eigenvalue weighted by Gasteiger charge is 2.19. The first-order chi connectivity index (χ1) is 15.5. The lowest BCUT2D eigenvalue weighted by atomic mass is 10.1. The first kappa shape index (κ1) is 23.2. The number of fused-ring (bicyclic) bond motifs is 1. The second-order valence-electron chi connectivity index (χ2n) is 7.11. The molecular formula is C20H27N7O5. The highest BCUT2D eigenvalue weighted by molar-refractivity contribution is 5.89. The van der Waals surface area contributed by atoms with Crippen LogP contribution in [0.3, 0.4) is 0 Å². The van der Waals surface area contributed by atoms with Crippen LogP contribution in [0, 0.1) is 0 Å². The van der Waals surface area contributed by atoms with Crippen molar-refractivity contribution in [2.45, 2.75) is 45.4 Å². The minimum absolute atomic E-state index is 0.000455. The number of hydrogen-bond acceptors (Lipinski definition) is 9. The second kappa shape index (κ2) is 10.7. The zero-order chi connectivity index (χ0) is 23.1. The van der Waals surface area contributed by atoms with Crippen molar-refractivity contribution in [3.63, 3.8) is 0 Å². The molecule has 32 heavy (non-hydrogen) atoms. The molecule has 0 radical (unpaired) electrons. The number of rotatable bonds is 11. The number of aromatic nitrogens is 5. The smallest absolute Gasteiger partial charge is 0.411 e.